The first kappa shape index (κ1) is 11.5. The number of nitrogens with one attached hydrogen (secondary N) is 2. The first-order valence-electron chi connectivity index (χ1n) is 5.83. The molecule has 1 atom stereocenters. The highest BCUT2D eigenvalue weighted by atomic mass is 32.1. The maximum Gasteiger partial charge on any atom is 0.315 e. The van der Waals surface area contributed by atoms with E-state index in [1.165, 1.54) is 30.6 Å². The van der Waals surface area contributed by atoms with Crippen LogP contribution in [0.3, 0.4) is 0 Å². The van der Waals surface area contributed by atoms with Crippen LogP contribution in [0.2, 0.25) is 0 Å². The quantitative estimate of drug-likeness (QED) is 0.835. The summed E-state index contributed by atoms with van der Waals surface area (Å²) in [6.45, 7) is 0. The molecular weight excluding hydrogens is 220 g/mol. The summed E-state index contributed by atoms with van der Waals surface area (Å²) in [5, 5.41) is 7.78. The van der Waals surface area contributed by atoms with Gasteiger partial charge in [-0.3, -0.25) is 0 Å². The van der Waals surface area contributed by atoms with Gasteiger partial charge in [0.15, 0.2) is 0 Å². The van der Waals surface area contributed by atoms with Gasteiger partial charge in [0.2, 0.25) is 0 Å². The molecule has 1 saturated carbocycles. The van der Waals surface area contributed by atoms with Crippen LogP contribution in [-0.4, -0.2) is 13.1 Å². The molecule has 3 nitrogen and oxygen atoms in total. The Balaban J connectivity index is 2.09. The summed E-state index contributed by atoms with van der Waals surface area (Å²) < 4.78 is 0. The predicted octanol–water partition coefficient (Wildman–Crippen LogP) is 2.91. The van der Waals surface area contributed by atoms with Gasteiger partial charge in [-0.15, -0.1) is 11.3 Å². The molecule has 1 heterocycles. The summed E-state index contributed by atoms with van der Waals surface area (Å²) >= 11 is 1.73. The Labute approximate surface area is 100 Å². The summed E-state index contributed by atoms with van der Waals surface area (Å²) in [5.74, 6) is 0.607. The van der Waals surface area contributed by atoms with Gasteiger partial charge in [0.25, 0.3) is 0 Å². The third-order valence-electron chi connectivity index (χ3n) is 3.23. The number of thiophene rings is 1. The van der Waals surface area contributed by atoms with Gasteiger partial charge in [-0.25, -0.2) is 4.79 Å². The summed E-state index contributed by atoms with van der Waals surface area (Å²) in [6, 6.07) is 4.28. The first-order valence-corrected chi connectivity index (χ1v) is 6.71. The summed E-state index contributed by atoms with van der Waals surface area (Å²) in [5.41, 5.74) is 0. The smallest absolute Gasteiger partial charge is 0.315 e. The van der Waals surface area contributed by atoms with Crippen molar-refractivity contribution in [1.29, 1.82) is 0 Å². The molecule has 1 fully saturated rings. The van der Waals surface area contributed by atoms with E-state index in [4.69, 9.17) is 0 Å². The largest absolute Gasteiger partial charge is 0.341 e. The van der Waals surface area contributed by atoms with E-state index in [2.05, 4.69) is 22.1 Å². The molecule has 4 heteroatoms. The molecule has 0 radical (unpaired) electrons. The van der Waals surface area contributed by atoms with E-state index in [0.29, 0.717) is 5.92 Å². The van der Waals surface area contributed by atoms with Crippen molar-refractivity contribution in [3.63, 3.8) is 0 Å². The SMILES string of the molecule is CNC(=O)N[C@H](c1cccs1)C1CCCC1. The van der Waals surface area contributed by atoms with Gasteiger partial charge < -0.3 is 10.6 Å². The van der Waals surface area contributed by atoms with E-state index in [1.807, 2.05) is 6.07 Å². The Morgan fingerprint density at radius 2 is 2.25 bits per heavy atom. The van der Waals surface area contributed by atoms with Crippen LogP contribution < -0.4 is 10.6 Å². The zero-order valence-electron chi connectivity index (χ0n) is 9.53. The average molecular weight is 238 g/mol. The van der Waals surface area contributed by atoms with Gasteiger partial charge in [0, 0.05) is 11.9 Å². The van der Waals surface area contributed by atoms with Gasteiger partial charge in [-0.2, -0.15) is 0 Å². The molecular formula is C12H18N2OS. The van der Waals surface area contributed by atoms with Gasteiger partial charge >= 0.3 is 6.03 Å². The Morgan fingerprint density at radius 1 is 1.50 bits per heavy atom. The van der Waals surface area contributed by atoms with Crippen molar-refractivity contribution in [2.75, 3.05) is 7.05 Å². The van der Waals surface area contributed by atoms with Gasteiger partial charge in [-0.05, 0) is 30.2 Å². The van der Waals surface area contributed by atoms with E-state index in [-0.39, 0.29) is 12.1 Å². The minimum absolute atomic E-state index is 0.0784. The molecule has 1 aromatic rings. The van der Waals surface area contributed by atoms with Crippen LogP contribution >= 0.6 is 11.3 Å². The maximum atomic E-state index is 11.5. The normalized spacial score (nSPS) is 18.3. The highest BCUT2D eigenvalue weighted by molar-refractivity contribution is 7.10. The minimum Gasteiger partial charge on any atom is -0.341 e. The fourth-order valence-corrected chi connectivity index (χ4v) is 3.26. The van der Waals surface area contributed by atoms with Crippen LogP contribution in [0.25, 0.3) is 0 Å². The van der Waals surface area contributed by atoms with Crippen molar-refractivity contribution in [1.82, 2.24) is 10.6 Å². The summed E-state index contributed by atoms with van der Waals surface area (Å²) in [6.07, 6.45) is 5.04. The molecule has 1 aliphatic carbocycles. The molecule has 1 aliphatic rings. The Bertz CT molecular complexity index is 331. The standard InChI is InChI=1S/C12H18N2OS/c1-13-12(15)14-11(9-5-2-3-6-9)10-7-4-8-16-10/h4,7-9,11H,2-3,5-6H2,1H3,(H2,13,14,15)/t11-/m0/s1. The van der Waals surface area contributed by atoms with Crippen LogP contribution in [-0.2, 0) is 0 Å². The summed E-state index contributed by atoms with van der Waals surface area (Å²) in [7, 11) is 1.66. The second kappa shape index (κ2) is 5.34. The molecule has 2 amide bonds. The number of hydrogen-bond acceptors (Lipinski definition) is 2. The monoisotopic (exact) mass is 238 g/mol. The molecule has 2 rings (SSSR count). The summed E-state index contributed by atoms with van der Waals surface area (Å²) in [4.78, 5) is 12.7. The molecule has 0 aliphatic heterocycles. The number of carbonyl (C=O) groups is 1. The van der Waals surface area contributed by atoms with Crippen molar-refractivity contribution in [2.24, 2.45) is 5.92 Å². The zero-order valence-corrected chi connectivity index (χ0v) is 10.3. The van der Waals surface area contributed by atoms with E-state index in [1.54, 1.807) is 18.4 Å². The van der Waals surface area contributed by atoms with Crippen LogP contribution in [0.1, 0.15) is 36.6 Å². The molecule has 1 aromatic heterocycles. The molecule has 0 aromatic carbocycles. The van der Waals surface area contributed by atoms with Crippen molar-refractivity contribution in [3.8, 4) is 0 Å². The van der Waals surface area contributed by atoms with E-state index >= 15 is 0 Å². The number of hydrogen-bond donors (Lipinski definition) is 2. The van der Waals surface area contributed by atoms with Crippen LogP contribution in [0.4, 0.5) is 4.79 Å². The molecule has 16 heavy (non-hydrogen) atoms. The van der Waals surface area contributed by atoms with Gasteiger partial charge in [-0.1, -0.05) is 18.9 Å². The van der Waals surface area contributed by atoms with Crippen LogP contribution in [0.15, 0.2) is 17.5 Å². The molecule has 0 unspecified atom stereocenters. The fraction of sp³-hybridized carbons (Fsp3) is 0.583. The Morgan fingerprint density at radius 3 is 2.81 bits per heavy atom. The van der Waals surface area contributed by atoms with E-state index in [9.17, 15) is 4.79 Å². The third kappa shape index (κ3) is 2.55. The number of carbonyl (C=O) groups excluding carboxylic acids is 1. The fourth-order valence-electron chi connectivity index (χ4n) is 2.39. The molecule has 0 saturated heterocycles. The number of rotatable bonds is 3. The average Bonchev–Trinajstić information content (AvgIpc) is 2.97. The predicted molar refractivity (Wildman–Crippen MR) is 66.6 cm³/mol. The Kier molecular flexibility index (Phi) is 3.83. The molecule has 88 valence electrons. The maximum absolute atomic E-state index is 11.5. The van der Waals surface area contributed by atoms with Crippen molar-refractivity contribution >= 4 is 17.4 Å². The van der Waals surface area contributed by atoms with Gasteiger partial charge in [0.1, 0.15) is 0 Å². The minimum atomic E-state index is -0.0784. The molecule has 0 bridgehead atoms. The lowest BCUT2D eigenvalue weighted by atomic mass is 9.97. The lowest BCUT2D eigenvalue weighted by Crippen LogP contribution is -2.38. The topological polar surface area (TPSA) is 41.1 Å². The van der Waals surface area contributed by atoms with Crippen molar-refractivity contribution in [2.45, 2.75) is 31.7 Å². The van der Waals surface area contributed by atoms with Crippen molar-refractivity contribution in [3.05, 3.63) is 22.4 Å². The van der Waals surface area contributed by atoms with Gasteiger partial charge in [0.05, 0.1) is 6.04 Å². The lowest BCUT2D eigenvalue weighted by Gasteiger charge is -2.23. The third-order valence-corrected chi connectivity index (χ3v) is 4.19. The molecule has 0 spiro atoms. The highest BCUT2D eigenvalue weighted by Gasteiger charge is 2.27. The molecule has 2 N–H and O–H groups in total. The second-order valence-electron chi connectivity index (χ2n) is 4.26. The first-order chi connectivity index (χ1) is 7.81. The number of urea groups is 1. The Hall–Kier alpha value is -1.03. The number of amides is 2. The lowest BCUT2D eigenvalue weighted by molar-refractivity contribution is 0.233. The van der Waals surface area contributed by atoms with E-state index < -0.39 is 0 Å². The van der Waals surface area contributed by atoms with E-state index in [0.717, 1.165) is 0 Å². The van der Waals surface area contributed by atoms with Crippen LogP contribution in [0, 0.1) is 5.92 Å². The highest BCUT2D eigenvalue weighted by Crippen LogP contribution is 2.37. The zero-order chi connectivity index (χ0) is 11.4. The van der Waals surface area contributed by atoms with Crippen LogP contribution in [0.5, 0.6) is 0 Å². The second-order valence-corrected chi connectivity index (χ2v) is 5.24. The van der Waals surface area contributed by atoms with Crippen molar-refractivity contribution < 1.29 is 4.79 Å².